The Bertz CT molecular complexity index is 310. The Hall–Kier alpha value is -0.960. The highest BCUT2D eigenvalue weighted by atomic mass is 19.1. The van der Waals surface area contributed by atoms with Gasteiger partial charge in [-0.15, -0.1) is 0 Å². The van der Waals surface area contributed by atoms with E-state index >= 15 is 0 Å². The van der Waals surface area contributed by atoms with E-state index in [1.807, 2.05) is 13.8 Å². The molecule has 0 spiro atoms. The molecule has 14 heavy (non-hydrogen) atoms. The van der Waals surface area contributed by atoms with Gasteiger partial charge in [0.25, 0.3) is 0 Å². The molecular formula is C11H14F2O. The van der Waals surface area contributed by atoms with Crippen LogP contribution in [0.15, 0.2) is 18.2 Å². The van der Waals surface area contributed by atoms with Crippen molar-refractivity contribution < 1.29 is 13.9 Å². The summed E-state index contributed by atoms with van der Waals surface area (Å²) in [6.07, 6.45) is -0.362. The summed E-state index contributed by atoms with van der Waals surface area (Å²) in [5.41, 5.74) is 0.354. The summed E-state index contributed by atoms with van der Waals surface area (Å²) in [4.78, 5) is 0. The molecule has 0 heterocycles. The molecule has 0 aliphatic carbocycles. The van der Waals surface area contributed by atoms with E-state index in [0.29, 0.717) is 5.56 Å². The molecule has 1 unspecified atom stereocenters. The Morgan fingerprint density at radius 1 is 1.29 bits per heavy atom. The summed E-state index contributed by atoms with van der Waals surface area (Å²) < 4.78 is 25.7. The normalized spacial score (nSPS) is 13.3. The zero-order chi connectivity index (χ0) is 10.7. The van der Waals surface area contributed by atoms with E-state index in [0.717, 1.165) is 6.07 Å². The van der Waals surface area contributed by atoms with E-state index in [9.17, 15) is 13.9 Å². The van der Waals surface area contributed by atoms with Gasteiger partial charge in [0, 0.05) is 12.5 Å². The summed E-state index contributed by atoms with van der Waals surface area (Å²) >= 11 is 0. The maximum absolute atomic E-state index is 13.1. The lowest BCUT2D eigenvalue weighted by molar-refractivity contribution is 0.124. The molecule has 0 saturated heterocycles. The molecule has 0 aliphatic rings. The van der Waals surface area contributed by atoms with Crippen molar-refractivity contribution in [3.63, 3.8) is 0 Å². The predicted octanol–water partition coefficient (Wildman–Crippen LogP) is 2.52. The van der Waals surface area contributed by atoms with Crippen LogP contribution in [0.5, 0.6) is 0 Å². The smallest absolute Gasteiger partial charge is 0.129 e. The largest absolute Gasteiger partial charge is 0.393 e. The number of hydrogen-bond acceptors (Lipinski definition) is 1. The van der Waals surface area contributed by atoms with Crippen molar-refractivity contribution in [2.75, 3.05) is 0 Å². The van der Waals surface area contributed by atoms with Crippen LogP contribution < -0.4 is 0 Å². The predicted molar refractivity (Wildman–Crippen MR) is 50.9 cm³/mol. The van der Waals surface area contributed by atoms with Crippen LogP contribution in [-0.4, -0.2) is 11.2 Å². The summed E-state index contributed by atoms with van der Waals surface area (Å²) in [5.74, 6) is -1.12. The van der Waals surface area contributed by atoms with Gasteiger partial charge in [-0.05, 0) is 17.5 Å². The maximum Gasteiger partial charge on any atom is 0.129 e. The fourth-order valence-electron chi connectivity index (χ4n) is 1.15. The highest BCUT2D eigenvalue weighted by Crippen LogP contribution is 2.14. The van der Waals surface area contributed by atoms with Gasteiger partial charge < -0.3 is 5.11 Å². The van der Waals surface area contributed by atoms with Gasteiger partial charge >= 0.3 is 0 Å². The first-order valence-corrected chi connectivity index (χ1v) is 4.62. The van der Waals surface area contributed by atoms with Crippen LogP contribution in [0.4, 0.5) is 8.78 Å². The Balaban J connectivity index is 2.77. The van der Waals surface area contributed by atoms with Gasteiger partial charge in [-0.3, -0.25) is 0 Å². The van der Waals surface area contributed by atoms with Crippen LogP contribution in [0, 0.1) is 17.6 Å². The molecule has 1 rings (SSSR count). The van der Waals surface area contributed by atoms with E-state index in [2.05, 4.69) is 0 Å². The SMILES string of the molecule is CC(C)C(O)Cc1ccc(F)cc1F. The number of hydrogen-bond donors (Lipinski definition) is 1. The highest BCUT2D eigenvalue weighted by molar-refractivity contribution is 5.19. The molecule has 0 aromatic heterocycles. The molecule has 0 aliphatic heterocycles. The van der Waals surface area contributed by atoms with E-state index in [4.69, 9.17) is 0 Å². The first kappa shape index (κ1) is 11.1. The molecule has 0 bridgehead atoms. The van der Waals surface area contributed by atoms with Crippen molar-refractivity contribution in [2.24, 2.45) is 5.92 Å². The van der Waals surface area contributed by atoms with Crippen molar-refractivity contribution in [1.82, 2.24) is 0 Å². The quantitative estimate of drug-likeness (QED) is 0.794. The number of benzene rings is 1. The Morgan fingerprint density at radius 2 is 1.93 bits per heavy atom. The molecule has 1 aromatic rings. The lowest BCUT2D eigenvalue weighted by atomic mass is 9.99. The first-order chi connectivity index (χ1) is 6.50. The average Bonchev–Trinajstić information content (AvgIpc) is 2.09. The molecule has 1 aromatic carbocycles. The monoisotopic (exact) mass is 200 g/mol. The molecule has 78 valence electrons. The lowest BCUT2D eigenvalue weighted by Crippen LogP contribution is -2.18. The highest BCUT2D eigenvalue weighted by Gasteiger charge is 2.13. The van der Waals surface area contributed by atoms with Crippen LogP contribution in [0.25, 0.3) is 0 Å². The number of aliphatic hydroxyl groups is 1. The van der Waals surface area contributed by atoms with Crippen molar-refractivity contribution in [3.05, 3.63) is 35.4 Å². The van der Waals surface area contributed by atoms with Crippen molar-refractivity contribution in [3.8, 4) is 0 Å². The second-order valence-electron chi connectivity index (χ2n) is 3.75. The third-order valence-corrected chi connectivity index (χ3v) is 2.21. The standard InChI is InChI=1S/C11H14F2O/c1-7(2)11(14)5-8-3-4-9(12)6-10(8)13/h3-4,6-7,11,14H,5H2,1-2H3. The molecule has 3 heteroatoms. The fraction of sp³-hybridized carbons (Fsp3) is 0.455. The van der Waals surface area contributed by atoms with Crippen LogP contribution >= 0.6 is 0 Å². The Labute approximate surface area is 82.4 Å². The number of aliphatic hydroxyl groups excluding tert-OH is 1. The fourth-order valence-corrected chi connectivity index (χ4v) is 1.15. The molecule has 0 radical (unpaired) electrons. The van der Waals surface area contributed by atoms with E-state index in [1.54, 1.807) is 0 Å². The van der Waals surface area contributed by atoms with Crippen LogP contribution in [0.3, 0.4) is 0 Å². The third-order valence-electron chi connectivity index (χ3n) is 2.21. The molecule has 0 saturated carbocycles. The molecule has 1 N–H and O–H groups in total. The Kier molecular flexibility index (Phi) is 3.58. The Morgan fingerprint density at radius 3 is 2.43 bits per heavy atom. The van der Waals surface area contributed by atoms with E-state index < -0.39 is 17.7 Å². The van der Waals surface area contributed by atoms with E-state index in [-0.39, 0.29) is 12.3 Å². The molecule has 0 amide bonds. The molecule has 0 fully saturated rings. The topological polar surface area (TPSA) is 20.2 Å². The lowest BCUT2D eigenvalue weighted by Gasteiger charge is -2.14. The first-order valence-electron chi connectivity index (χ1n) is 4.62. The summed E-state index contributed by atoms with van der Waals surface area (Å²) in [7, 11) is 0. The van der Waals surface area contributed by atoms with Gasteiger partial charge in [-0.2, -0.15) is 0 Å². The van der Waals surface area contributed by atoms with Crippen LogP contribution in [0.2, 0.25) is 0 Å². The summed E-state index contributed by atoms with van der Waals surface area (Å²) in [5, 5.41) is 9.51. The minimum atomic E-state index is -0.593. The van der Waals surface area contributed by atoms with Gasteiger partial charge in [0.05, 0.1) is 6.10 Å². The maximum atomic E-state index is 13.1. The van der Waals surface area contributed by atoms with E-state index in [1.165, 1.54) is 12.1 Å². The van der Waals surface area contributed by atoms with Crippen molar-refractivity contribution in [2.45, 2.75) is 26.4 Å². The third kappa shape index (κ3) is 2.77. The molecule has 1 atom stereocenters. The zero-order valence-electron chi connectivity index (χ0n) is 8.30. The van der Waals surface area contributed by atoms with Gasteiger partial charge in [-0.25, -0.2) is 8.78 Å². The van der Waals surface area contributed by atoms with Gasteiger partial charge in [0.2, 0.25) is 0 Å². The number of rotatable bonds is 3. The zero-order valence-corrected chi connectivity index (χ0v) is 8.30. The van der Waals surface area contributed by atoms with Gasteiger partial charge in [-0.1, -0.05) is 19.9 Å². The van der Waals surface area contributed by atoms with Crippen molar-refractivity contribution >= 4 is 0 Å². The second-order valence-corrected chi connectivity index (χ2v) is 3.75. The van der Waals surface area contributed by atoms with Gasteiger partial charge in [0.1, 0.15) is 11.6 Å². The number of halogens is 2. The minimum absolute atomic E-state index is 0.0689. The van der Waals surface area contributed by atoms with Gasteiger partial charge in [0.15, 0.2) is 0 Å². The molecule has 1 nitrogen and oxygen atoms in total. The second kappa shape index (κ2) is 4.51. The summed E-state index contributed by atoms with van der Waals surface area (Å²) in [6, 6.07) is 3.41. The average molecular weight is 200 g/mol. The minimum Gasteiger partial charge on any atom is -0.393 e. The van der Waals surface area contributed by atoms with Crippen LogP contribution in [-0.2, 0) is 6.42 Å². The summed E-state index contributed by atoms with van der Waals surface area (Å²) in [6.45, 7) is 3.71. The van der Waals surface area contributed by atoms with Crippen molar-refractivity contribution in [1.29, 1.82) is 0 Å². The molecular weight excluding hydrogens is 186 g/mol. The van der Waals surface area contributed by atoms with Crippen LogP contribution in [0.1, 0.15) is 19.4 Å².